The van der Waals surface area contributed by atoms with Crippen LogP contribution in [0.5, 0.6) is 0 Å². The highest BCUT2D eigenvalue weighted by atomic mass is 32.2. The Morgan fingerprint density at radius 3 is 2.24 bits per heavy atom. The predicted octanol–water partition coefficient (Wildman–Crippen LogP) is 3.00. The van der Waals surface area contributed by atoms with Crippen LogP contribution in [-0.2, 0) is 29.7 Å². The van der Waals surface area contributed by atoms with Gasteiger partial charge in [-0.1, -0.05) is 18.2 Å². The topological polar surface area (TPSA) is 53.8 Å². The summed E-state index contributed by atoms with van der Waals surface area (Å²) in [6, 6.07) is 9.99. The number of nitrogens with zero attached hydrogens (tertiary/aromatic N) is 2. The number of furan rings is 1. The fraction of sp³-hybridized carbons (Fsp3) is 0.333. The van der Waals surface area contributed by atoms with E-state index in [1.165, 1.54) is 23.5 Å². The first kappa shape index (κ1) is 19.4. The van der Waals surface area contributed by atoms with Crippen molar-refractivity contribution in [3.05, 3.63) is 72.0 Å². The zero-order valence-electron chi connectivity index (χ0n) is 14.5. The van der Waals surface area contributed by atoms with Gasteiger partial charge in [0.2, 0.25) is 10.0 Å². The zero-order chi connectivity index (χ0) is 18.4. The molecule has 25 heavy (non-hydrogen) atoms. The van der Waals surface area contributed by atoms with Gasteiger partial charge in [-0.25, -0.2) is 12.8 Å². The quantitative estimate of drug-likeness (QED) is 0.640. The second kappa shape index (κ2) is 8.42. The number of halogens is 1. The minimum Gasteiger partial charge on any atom is -0.463 e. The van der Waals surface area contributed by atoms with Gasteiger partial charge in [0, 0.05) is 20.1 Å². The molecule has 0 unspecified atom stereocenters. The Balaban J connectivity index is 2.02. The molecule has 5 nitrogen and oxygen atoms in total. The van der Waals surface area contributed by atoms with Gasteiger partial charge < -0.3 is 4.42 Å². The van der Waals surface area contributed by atoms with Gasteiger partial charge in [-0.3, -0.25) is 4.90 Å². The highest BCUT2D eigenvalue weighted by molar-refractivity contribution is 7.88. The van der Waals surface area contributed by atoms with Crippen LogP contribution in [-0.4, -0.2) is 37.5 Å². The van der Waals surface area contributed by atoms with Crippen molar-refractivity contribution < 1.29 is 17.2 Å². The number of sulfonamides is 1. The molecule has 0 N–H and O–H groups in total. The van der Waals surface area contributed by atoms with Crippen molar-refractivity contribution in [2.24, 2.45) is 0 Å². The van der Waals surface area contributed by atoms with Gasteiger partial charge in [0.25, 0.3) is 0 Å². The van der Waals surface area contributed by atoms with Crippen LogP contribution in [0, 0.1) is 5.82 Å². The lowest BCUT2D eigenvalue weighted by atomic mass is 10.2. The summed E-state index contributed by atoms with van der Waals surface area (Å²) >= 11 is 0. The van der Waals surface area contributed by atoms with Crippen LogP contribution in [0.25, 0.3) is 0 Å². The second-order valence-electron chi connectivity index (χ2n) is 5.97. The Kier molecular flexibility index (Phi) is 6.52. The first-order valence-corrected chi connectivity index (χ1v) is 9.69. The van der Waals surface area contributed by atoms with Crippen LogP contribution in [0.1, 0.15) is 17.1 Å². The number of hydrogen-bond acceptors (Lipinski definition) is 4. The average Bonchev–Trinajstić information content (AvgIpc) is 2.96. The molecule has 2 rings (SSSR count). The standard InChI is InChI=1S/C18H23FN2O3S/c1-4-11-21(12-15-5-7-16(19)8-6-15)14-18-10-9-17(24-18)13-20(2)25(3,22)23/h4-10H,1,11-14H2,2-3H3. The molecule has 7 heteroatoms. The highest BCUT2D eigenvalue weighted by Gasteiger charge is 2.15. The van der Waals surface area contributed by atoms with Crippen LogP contribution in [0.4, 0.5) is 4.39 Å². The van der Waals surface area contributed by atoms with Crippen LogP contribution < -0.4 is 0 Å². The fourth-order valence-corrected chi connectivity index (χ4v) is 2.73. The van der Waals surface area contributed by atoms with Crippen LogP contribution >= 0.6 is 0 Å². The summed E-state index contributed by atoms with van der Waals surface area (Å²) in [4.78, 5) is 2.10. The molecule has 0 atom stereocenters. The van der Waals surface area contributed by atoms with E-state index < -0.39 is 10.0 Å². The molecule has 0 aliphatic heterocycles. The fourth-order valence-electron chi connectivity index (χ4n) is 2.36. The van der Waals surface area contributed by atoms with Crippen molar-refractivity contribution in [1.82, 2.24) is 9.21 Å². The van der Waals surface area contributed by atoms with E-state index in [0.29, 0.717) is 25.4 Å². The Morgan fingerprint density at radius 2 is 1.68 bits per heavy atom. The summed E-state index contributed by atoms with van der Waals surface area (Å²) in [5.74, 6) is 1.06. The molecule has 0 saturated heterocycles. The first-order valence-electron chi connectivity index (χ1n) is 7.84. The molecule has 136 valence electrons. The second-order valence-corrected chi connectivity index (χ2v) is 8.06. The monoisotopic (exact) mass is 366 g/mol. The molecule has 1 aromatic carbocycles. The molecule has 0 saturated carbocycles. The van der Waals surface area contributed by atoms with Gasteiger partial charge >= 0.3 is 0 Å². The van der Waals surface area contributed by atoms with Crippen molar-refractivity contribution >= 4 is 10.0 Å². The molecule has 0 radical (unpaired) electrons. The van der Waals surface area contributed by atoms with E-state index in [9.17, 15) is 12.8 Å². The van der Waals surface area contributed by atoms with Crippen molar-refractivity contribution in [3.8, 4) is 0 Å². The number of hydrogen-bond donors (Lipinski definition) is 0. The summed E-state index contributed by atoms with van der Waals surface area (Å²) in [5, 5.41) is 0. The van der Waals surface area contributed by atoms with E-state index in [1.54, 1.807) is 24.3 Å². The molecule has 0 aliphatic rings. The van der Waals surface area contributed by atoms with E-state index in [2.05, 4.69) is 11.5 Å². The predicted molar refractivity (Wildman–Crippen MR) is 95.7 cm³/mol. The van der Waals surface area contributed by atoms with Crippen LogP contribution in [0.3, 0.4) is 0 Å². The molecule has 0 spiro atoms. The summed E-state index contributed by atoms with van der Waals surface area (Å²) in [6.07, 6.45) is 2.95. The summed E-state index contributed by atoms with van der Waals surface area (Å²) in [5.41, 5.74) is 0.992. The van der Waals surface area contributed by atoms with Gasteiger partial charge in [-0.05, 0) is 29.8 Å². The average molecular weight is 366 g/mol. The summed E-state index contributed by atoms with van der Waals surface area (Å²) in [7, 11) is -1.74. The van der Waals surface area contributed by atoms with E-state index >= 15 is 0 Å². The van der Waals surface area contributed by atoms with Gasteiger partial charge in [0.05, 0.1) is 19.3 Å². The minimum atomic E-state index is -3.25. The van der Waals surface area contributed by atoms with E-state index in [0.717, 1.165) is 17.6 Å². The highest BCUT2D eigenvalue weighted by Crippen LogP contribution is 2.15. The smallest absolute Gasteiger partial charge is 0.211 e. The first-order chi connectivity index (χ1) is 11.8. The Labute approximate surface area is 148 Å². The van der Waals surface area contributed by atoms with Gasteiger partial charge in [0.1, 0.15) is 17.3 Å². The third-order valence-electron chi connectivity index (χ3n) is 3.75. The maximum absolute atomic E-state index is 13.0. The van der Waals surface area contributed by atoms with Gasteiger partial charge in [0.15, 0.2) is 0 Å². The van der Waals surface area contributed by atoms with Crippen LogP contribution in [0.2, 0.25) is 0 Å². The molecule has 0 aliphatic carbocycles. The largest absolute Gasteiger partial charge is 0.463 e. The van der Waals surface area contributed by atoms with E-state index in [4.69, 9.17) is 4.42 Å². The lowest BCUT2D eigenvalue weighted by Gasteiger charge is -2.19. The van der Waals surface area contributed by atoms with Crippen molar-refractivity contribution in [2.75, 3.05) is 19.8 Å². The lowest BCUT2D eigenvalue weighted by molar-refractivity contribution is 0.254. The molecular weight excluding hydrogens is 343 g/mol. The SMILES string of the molecule is C=CCN(Cc1ccc(F)cc1)Cc1ccc(CN(C)S(C)(=O)=O)o1. The normalized spacial score (nSPS) is 12.0. The molecule has 0 fully saturated rings. The molecule has 1 heterocycles. The van der Waals surface area contributed by atoms with Crippen LogP contribution in [0.15, 0.2) is 53.5 Å². The van der Waals surface area contributed by atoms with E-state index in [-0.39, 0.29) is 12.4 Å². The van der Waals surface area contributed by atoms with Crippen molar-refractivity contribution in [3.63, 3.8) is 0 Å². The Bertz CT molecular complexity index is 800. The Hall–Kier alpha value is -1.96. The Morgan fingerprint density at radius 1 is 1.08 bits per heavy atom. The van der Waals surface area contributed by atoms with Crippen molar-refractivity contribution in [2.45, 2.75) is 19.6 Å². The zero-order valence-corrected chi connectivity index (χ0v) is 15.3. The molecule has 2 aromatic rings. The van der Waals surface area contributed by atoms with Crippen molar-refractivity contribution in [1.29, 1.82) is 0 Å². The van der Waals surface area contributed by atoms with Gasteiger partial charge in [-0.15, -0.1) is 6.58 Å². The molecule has 0 amide bonds. The van der Waals surface area contributed by atoms with E-state index in [1.807, 2.05) is 6.07 Å². The number of benzene rings is 1. The third kappa shape index (κ3) is 6.12. The third-order valence-corrected chi connectivity index (χ3v) is 5.01. The molecule has 1 aromatic heterocycles. The minimum absolute atomic E-state index is 0.193. The lowest BCUT2D eigenvalue weighted by Crippen LogP contribution is -2.24. The molecular formula is C18H23FN2O3S. The maximum Gasteiger partial charge on any atom is 0.211 e. The number of rotatable bonds is 9. The van der Waals surface area contributed by atoms with Gasteiger partial charge in [-0.2, -0.15) is 4.31 Å². The molecule has 0 bridgehead atoms. The maximum atomic E-state index is 13.0. The summed E-state index contributed by atoms with van der Waals surface area (Å²) in [6.45, 7) is 5.78. The summed E-state index contributed by atoms with van der Waals surface area (Å²) < 4.78 is 42.9.